The summed E-state index contributed by atoms with van der Waals surface area (Å²) in [6.45, 7) is 0. The fourth-order valence-electron chi connectivity index (χ4n) is 2.94. The summed E-state index contributed by atoms with van der Waals surface area (Å²) in [7, 11) is 1.24. The van der Waals surface area contributed by atoms with Crippen molar-refractivity contribution in [3.05, 3.63) is 91.1 Å². The highest BCUT2D eigenvalue weighted by Crippen LogP contribution is 2.36. The minimum absolute atomic E-state index is 0.658. The van der Waals surface area contributed by atoms with Crippen molar-refractivity contribution in [1.82, 2.24) is 15.0 Å². The maximum absolute atomic E-state index is 4.34. The highest BCUT2D eigenvalue weighted by molar-refractivity contribution is 7.80. The molecule has 3 aromatic carbocycles. The third-order valence-corrected chi connectivity index (χ3v) is 6.55. The monoisotopic (exact) mass is 343 g/mol. The number of benzene rings is 3. The molecule has 0 spiro atoms. The minimum atomic E-state index is -0.658. The van der Waals surface area contributed by atoms with Gasteiger partial charge in [-0.15, -0.1) is 5.10 Å². The summed E-state index contributed by atoms with van der Waals surface area (Å²) < 4.78 is 1.75. The molecule has 0 atom stereocenters. The summed E-state index contributed by atoms with van der Waals surface area (Å²) in [6, 6.07) is 30.0. The van der Waals surface area contributed by atoms with E-state index in [1.807, 2.05) is 13.2 Å². The van der Waals surface area contributed by atoms with Crippen molar-refractivity contribution in [2.45, 2.75) is 0 Å². The van der Waals surface area contributed by atoms with Crippen LogP contribution in [0.1, 0.15) is 0 Å². The average molecular weight is 343 g/mol. The Morgan fingerprint density at radius 3 is 1.84 bits per heavy atom. The van der Waals surface area contributed by atoms with E-state index in [0.29, 0.717) is 0 Å². The second kappa shape index (κ2) is 7.00. The molecule has 0 aliphatic carbocycles. The van der Waals surface area contributed by atoms with E-state index < -0.39 is 7.92 Å². The van der Waals surface area contributed by atoms with Crippen LogP contribution in [0.25, 0.3) is 11.3 Å². The number of nitrogens with zero attached hydrogens (tertiary/aromatic N) is 3. The molecule has 0 N–H and O–H groups in total. The maximum atomic E-state index is 4.34. The lowest BCUT2D eigenvalue weighted by molar-refractivity contribution is 0.715. The van der Waals surface area contributed by atoms with E-state index >= 15 is 0 Å². The molecule has 0 aliphatic rings. The number of aromatic nitrogens is 3. The molecule has 3 nitrogen and oxygen atoms in total. The molecular formula is C21H18N3P. The zero-order valence-corrected chi connectivity index (χ0v) is 14.8. The highest BCUT2D eigenvalue weighted by Gasteiger charge is 2.20. The lowest BCUT2D eigenvalue weighted by Crippen LogP contribution is -2.22. The van der Waals surface area contributed by atoms with Crippen LogP contribution in [-0.2, 0) is 7.05 Å². The minimum Gasteiger partial charge on any atom is -0.255 e. The molecular weight excluding hydrogens is 325 g/mol. The zero-order valence-electron chi connectivity index (χ0n) is 13.9. The van der Waals surface area contributed by atoms with Gasteiger partial charge in [0.15, 0.2) is 0 Å². The van der Waals surface area contributed by atoms with Crippen LogP contribution in [0.5, 0.6) is 0 Å². The first kappa shape index (κ1) is 15.7. The van der Waals surface area contributed by atoms with Gasteiger partial charge < -0.3 is 0 Å². The van der Waals surface area contributed by atoms with Gasteiger partial charge in [0.2, 0.25) is 0 Å². The van der Waals surface area contributed by atoms with Gasteiger partial charge in [-0.3, -0.25) is 4.68 Å². The van der Waals surface area contributed by atoms with Crippen LogP contribution in [0.4, 0.5) is 0 Å². The van der Waals surface area contributed by atoms with Gasteiger partial charge in [-0.25, -0.2) is 0 Å². The van der Waals surface area contributed by atoms with Crippen molar-refractivity contribution < 1.29 is 0 Å². The normalized spacial score (nSPS) is 11.0. The number of hydrogen-bond acceptors (Lipinski definition) is 2. The SMILES string of the molecule is Cn1cc(-c2ccccc2P(c2ccccc2)c2ccccc2)nn1. The van der Waals surface area contributed by atoms with Crippen molar-refractivity contribution in [3.63, 3.8) is 0 Å². The fourth-order valence-corrected chi connectivity index (χ4v) is 5.40. The quantitative estimate of drug-likeness (QED) is 0.533. The van der Waals surface area contributed by atoms with Crippen LogP contribution < -0.4 is 15.9 Å². The van der Waals surface area contributed by atoms with E-state index in [0.717, 1.165) is 11.3 Å². The van der Waals surface area contributed by atoms with Crippen LogP contribution in [0.2, 0.25) is 0 Å². The first-order valence-corrected chi connectivity index (χ1v) is 9.53. The maximum Gasteiger partial charge on any atom is 0.113 e. The third-order valence-electron chi connectivity index (χ3n) is 4.05. The molecule has 4 rings (SSSR count). The van der Waals surface area contributed by atoms with Crippen molar-refractivity contribution in [3.8, 4) is 11.3 Å². The van der Waals surface area contributed by atoms with E-state index in [9.17, 15) is 0 Å². The summed E-state index contributed by atoms with van der Waals surface area (Å²) in [5.41, 5.74) is 2.06. The van der Waals surface area contributed by atoms with Gasteiger partial charge in [-0.05, 0) is 23.8 Å². The highest BCUT2D eigenvalue weighted by atomic mass is 31.1. The van der Waals surface area contributed by atoms with Crippen molar-refractivity contribution in [2.75, 3.05) is 0 Å². The fraction of sp³-hybridized carbons (Fsp3) is 0.0476. The largest absolute Gasteiger partial charge is 0.255 e. The van der Waals surface area contributed by atoms with Gasteiger partial charge in [0.1, 0.15) is 5.69 Å². The molecule has 0 saturated heterocycles. The lowest BCUT2D eigenvalue weighted by atomic mass is 10.2. The molecule has 0 amide bonds. The Morgan fingerprint density at radius 1 is 0.720 bits per heavy atom. The van der Waals surface area contributed by atoms with Crippen molar-refractivity contribution >= 4 is 23.8 Å². The topological polar surface area (TPSA) is 30.7 Å². The van der Waals surface area contributed by atoms with Gasteiger partial charge in [0.25, 0.3) is 0 Å². The number of aryl methyl sites for hydroxylation is 1. The lowest BCUT2D eigenvalue weighted by Gasteiger charge is -2.21. The molecule has 1 aromatic heterocycles. The van der Waals surface area contributed by atoms with Gasteiger partial charge in [0, 0.05) is 12.6 Å². The Labute approximate surface area is 148 Å². The van der Waals surface area contributed by atoms with E-state index in [-0.39, 0.29) is 0 Å². The molecule has 25 heavy (non-hydrogen) atoms. The first-order chi connectivity index (χ1) is 12.3. The first-order valence-electron chi connectivity index (χ1n) is 8.19. The third kappa shape index (κ3) is 3.24. The zero-order chi connectivity index (χ0) is 17.1. The molecule has 4 aromatic rings. The van der Waals surface area contributed by atoms with Gasteiger partial charge in [-0.1, -0.05) is 90.1 Å². The Kier molecular flexibility index (Phi) is 4.41. The van der Waals surface area contributed by atoms with Gasteiger partial charge in [0.05, 0.1) is 6.20 Å². The number of rotatable bonds is 4. The summed E-state index contributed by atoms with van der Waals surface area (Å²) in [4.78, 5) is 0. The smallest absolute Gasteiger partial charge is 0.113 e. The predicted molar refractivity (Wildman–Crippen MR) is 105 cm³/mol. The molecule has 0 bridgehead atoms. The van der Waals surface area contributed by atoms with Crippen LogP contribution in [0, 0.1) is 0 Å². The van der Waals surface area contributed by atoms with Crippen LogP contribution >= 0.6 is 7.92 Å². The Hall–Kier alpha value is -2.77. The Bertz CT molecular complexity index is 925. The summed E-state index contributed by atoms with van der Waals surface area (Å²) in [5.74, 6) is 0. The molecule has 0 saturated carbocycles. The molecule has 1 heterocycles. The Morgan fingerprint density at radius 2 is 1.28 bits per heavy atom. The van der Waals surface area contributed by atoms with Gasteiger partial charge in [-0.2, -0.15) is 0 Å². The molecule has 0 aliphatic heterocycles. The van der Waals surface area contributed by atoms with Crippen molar-refractivity contribution in [1.29, 1.82) is 0 Å². The molecule has 4 heteroatoms. The number of hydrogen-bond donors (Lipinski definition) is 0. The standard InChI is InChI=1S/C21H18N3P/c1-24-16-20(22-23-24)19-14-8-9-15-21(19)25(17-10-4-2-5-11-17)18-12-6-3-7-13-18/h2-16H,1H3. The average Bonchev–Trinajstić information content (AvgIpc) is 3.10. The molecule has 0 fully saturated rings. The predicted octanol–water partition coefficient (Wildman–Crippen LogP) is 3.24. The molecule has 0 unspecified atom stereocenters. The second-order valence-electron chi connectivity index (χ2n) is 5.80. The van der Waals surface area contributed by atoms with E-state index in [1.54, 1.807) is 4.68 Å². The Balaban J connectivity index is 1.92. The molecule has 122 valence electrons. The van der Waals surface area contributed by atoms with E-state index in [4.69, 9.17) is 0 Å². The van der Waals surface area contributed by atoms with Crippen LogP contribution in [0.15, 0.2) is 91.1 Å². The van der Waals surface area contributed by atoms with Crippen LogP contribution in [-0.4, -0.2) is 15.0 Å². The van der Waals surface area contributed by atoms with E-state index in [2.05, 4.69) is 95.2 Å². The van der Waals surface area contributed by atoms with Crippen molar-refractivity contribution in [2.24, 2.45) is 7.05 Å². The van der Waals surface area contributed by atoms with Gasteiger partial charge >= 0.3 is 0 Å². The molecule has 0 radical (unpaired) electrons. The summed E-state index contributed by atoms with van der Waals surface area (Å²) >= 11 is 0. The van der Waals surface area contributed by atoms with Crippen LogP contribution in [0.3, 0.4) is 0 Å². The van der Waals surface area contributed by atoms with E-state index in [1.165, 1.54) is 15.9 Å². The summed E-state index contributed by atoms with van der Waals surface area (Å²) in [6.07, 6.45) is 1.97. The second-order valence-corrected chi connectivity index (χ2v) is 7.99. The summed E-state index contributed by atoms with van der Waals surface area (Å²) in [5, 5.41) is 12.4.